The van der Waals surface area contributed by atoms with Crippen molar-refractivity contribution in [3.8, 4) is 55.6 Å². The van der Waals surface area contributed by atoms with E-state index in [1.54, 1.807) is 0 Å². The number of fused-ring (bicyclic) bond motifs is 26. The molecule has 1 spiro atoms. The number of para-hydroxylation sites is 4. The lowest BCUT2D eigenvalue weighted by atomic mass is 9.68. The summed E-state index contributed by atoms with van der Waals surface area (Å²) in [5.74, 6) is 0. The standard InChI is InChI=1S/C79H44N2/c1-2-19-46-45(18-1)38-43-67-73(46)62-31-17-30-61(76(62)79(67)65-32-9-3-20-49(65)50-21-4-10-33-66(50)79)72-53-28-15-26-47(55-39-41-57-51-22-5-11-34-68(51)80-70-36-13-7-24-59(70)74(55)77(57)80)63(53)44-64-48(27-16-29-54(64)72)56-40-42-58-52-23-6-12-35-69(52)81-71-37-14-8-25-60(71)75(56)78(58)81/h1-44H. The number of nitrogens with zero attached hydrogens (tertiary/aromatic N) is 2. The van der Waals surface area contributed by atoms with Crippen LogP contribution in [0.3, 0.4) is 0 Å². The molecule has 370 valence electrons. The molecular formula is C79H44N2. The van der Waals surface area contributed by atoms with E-state index in [1.807, 2.05) is 0 Å². The van der Waals surface area contributed by atoms with E-state index in [0.717, 1.165) is 0 Å². The quantitative estimate of drug-likeness (QED) is 0.156. The number of benzene rings is 14. The molecule has 0 atom stereocenters. The van der Waals surface area contributed by atoms with Crippen molar-refractivity contribution in [3.63, 3.8) is 0 Å². The van der Waals surface area contributed by atoms with Crippen LogP contribution in [-0.2, 0) is 5.41 Å². The van der Waals surface area contributed by atoms with E-state index in [1.165, 1.54) is 186 Å². The van der Waals surface area contributed by atoms with E-state index in [9.17, 15) is 0 Å². The molecule has 2 aliphatic carbocycles. The van der Waals surface area contributed by atoms with Gasteiger partial charge < -0.3 is 8.80 Å². The second-order valence-electron chi connectivity index (χ2n) is 22.8. The fraction of sp³-hybridized carbons (Fsp3) is 0.0127. The number of hydrogen-bond donors (Lipinski definition) is 0. The van der Waals surface area contributed by atoms with Gasteiger partial charge in [0.05, 0.1) is 38.5 Å². The van der Waals surface area contributed by atoms with E-state index in [0.29, 0.717) is 0 Å². The average molecular weight is 1020 g/mol. The molecule has 2 heteroatoms. The third-order valence-electron chi connectivity index (χ3n) is 19.4. The van der Waals surface area contributed by atoms with Crippen LogP contribution in [0, 0.1) is 0 Å². The molecule has 0 saturated carbocycles. The van der Waals surface area contributed by atoms with Crippen LogP contribution < -0.4 is 0 Å². The largest absolute Gasteiger partial charge is 0.308 e. The van der Waals surface area contributed by atoms with Crippen molar-refractivity contribution in [2.45, 2.75) is 5.41 Å². The molecule has 20 rings (SSSR count). The Kier molecular flexibility index (Phi) is 7.85. The van der Waals surface area contributed by atoms with Gasteiger partial charge in [0.2, 0.25) is 0 Å². The van der Waals surface area contributed by atoms with Crippen LogP contribution in [0.1, 0.15) is 22.3 Å². The van der Waals surface area contributed by atoms with Crippen LogP contribution in [-0.4, -0.2) is 8.80 Å². The molecule has 0 bridgehead atoms. The summed E-state index contributed by atoms with van der Waals surface area (Å²) in [6.07, 6.45) is 0. The molecule has 18 aromatic rings. The van der Waals surface area contributed by atoms with Gasteiger partial charge in [0.25, 0.3) is 0 Å². The van der Waals surface area contributed by atoms with Gasteiger partial charge in [0.15, 0.2) is 0 Å². The molecule has 0 aliphatic heterocycles. The van der Waals surface area contributed by atoms with Crippen LogP contribution in [0.15, 0.2) is 267 Å². The normalized spacial score (nSPS) is 13.5. The Bertz CT molecular complexity index is 5560. The third-order valence-corrected chi connectivity index (χ3v) is 19.4. The number of hydrogen-bond acceptors (Lipinski definition) is 0. The monoisotopic (exact) mass is 1020 g/mol. The van der Waals surface area contributed by atoms with E-state index in [2.05, 4.69) is 276 Å². The maximum absolute atomic E-state index is 2.57. The number of aromatic nitrogens is 2. The van der Waals surface area contributed by atoms with Gasteiger partial charge in [0, 0.05) is 43.1 Å². The van der Waals surface area contributed by atoms with E-state index in [-0.39, 0.29) is 0 Å². The summed E-state index contributed by atoms with van der Waals surface area (Å²) in [7, 11) is 0. The van der Waals surface area contributed by atoms with E-state index in [4.69, 9.17) is 0 Å². The van der Waals surface area contributed by atoms with Crippen molar-refractivity contribution in [3.05, 3.63) is 289 Å². The Morgan fingerprint density at radius 2 is 0.630 bits per heavy atom. The molecule has 0 fully saturated rings. The van der Waals surface area contributed by atoms with Gasteiger partial charge >= 0.3 is 0 Å². The molecular weight excluding hydrogens is 977 g/mol. The first-order chi connectivity index (χ1) is 40.3. The summed E-state index contributed by atoms with van der Waals surface area (Å²) in [6, 6.07) is 102. The van der Waals surface area contributed by atoms with Gasteiger partial charge in [0.1, 0.15) is 0 Å². The molecule has 0 radical (unpaired) electrons. The highest BCUT2D eigenvalue weighted by atomic mass is 14.9. The maximum Gasteiger partial charge on any atom is 0.0731 e. The van der Waals surface area contributed by atoms with Crippen molar-refractivity contribution < 1.29 is 0 Å². The third kappa shape index (κ3) is 5.00. The lowest BCUT2D eigenvalue weighted by molar-refractivity contribution is 0.796. The highest BCUT2D eigenvalue weighted by Gasteiger charge is 2.53. The predicted molar refractivity (Wildman–Crippen MR) is 341 cm³/mol. The molecule has 2 aliphatic rings. The minimum atomic E-state index is -0.593. The predicted octanol–water partition coefficient (Wildman–Crippen LogP) is 20.8. The van der Waals surface area contributed by atoms with Crippen LogP contribution in [0.5, 0.6) is 0 Å². The average Bonchev–Trinajstić information content (AvgIpc) is 4.38. The Morgan fingerprint density at radius 1 is 0.222 bits per heavy atom. The number of rotatable bonds is 3. The summed E-state index contributed by atoms with van der Waals surface area (Å²) in [6.45, 7) is 0. The van der Waals surface area contributed by atoms with Crippen LogP contribution in [0.4, 0.5) is 0 Å². The topological polar surface area (TPSA) is 8.82 Å². The van der Waals surface area contributed by atoms with E-state index >= 15 is 0 Å². The van der Waals surface area contributed by atoms with Gasteiger partial charge in [-0.3, -0.25) is 0 Å². The molecule has 4 heterocycles. The highest BCUT2D eigenvalue weighted by Crippen LogP contribution is 2.66. The van der Waals surface area contributed by atoms with Crippen molar-refractivity contribution in [1.29, 1.82) is 0 Å². The highest BCUT2D eigenvalue weighted by molar-refractivity contribution is 6.31. The fourth-order valence-corrected chi connectivity index (χ4v) is 16.5. The van der Waals surface area contributed by atoms with Gasteiger partial charge in [-0.15, -0.1) is 0 Å². The molecule has 81 heavy (non-hydrogen) atoms. The van der Waals surface area contributed by atoms with Crippen molar-refractivity contribution in [1.82, 2.24) is 8.80 Å². The summed E-state index contributed by atoms with van der Waals surface area (Å²) in [5, 5.41) is 17.8. The lowest BCUT2D eigenvalue weighted by Gasteiger charge is -2.33. The van der Waals surface area contributed by atoms with Gasteiger partial charge in [-0.1, -0.05) is 237 Å². The zero-order valence-corrected chi connectivity index (χ0v) is 43.8. The van der Waals surface area contributed by atoms with Crippen LogP contribution in [0.25, 0.3) is 164 Å². The molecule has 0 unspecified atom stereocenters. The first kappa shape index (κ1) is 42.5. The van der Waals surface area contributed by atoms with Crippen molar-refractivity contribution >= 4 is 109 Å². The SMILES string of the molecule is c1ccc2c(c1)-c1ccccc1C21c2ccc3ccccc3c2-c2cccc(-c3c4cccc(-c5ccc6c7ccccc7n7c8ccccc8c5c67)c4cc4c(-c5ccc6c7ccccc7n7c8ccccc8c5c67)cccc34)c21. The molecule has 14 aromatic carbocycles. The smallest absolute Gasteiger partial charge is 0.0731 e. The minimum Gasteiger partial charge on any atom is -0.308 e. The Labute approximate surface area is 464 Å². The zero-order valence-electron chi connectivity index (χ0n) is 43.8. The molecule has 0 amide bonds. The molecule has 0 saturated heterocycles. The zero-order chi connectivity index (χ0) is 52.4. The minimum absolute atomic E-state index is 0.593. The van der Waals surface area contributed by atoms with Crippen LogP contribution >= 0.6 is 0 Å². The molecule has 4 aromatic heterocycles. The van der Waals surface area contributed by atoms with Gasteiger partial charge in [-0.25, -0.2) is 0 Å². The summed E-state index contributed by atoms with van der Waals surface area (Å²) >= 11 is 0. The van der Waals surface area contributed by atoms with Crippen LogP contribution in [0.2, 0.25) is 0 Å². The first-order valence-electron chi connectivity index (χ1n) is 28.4. The second kappa shape index (κ2) is 15.0. The second-order valence-corrected chi connectivity index (χ2v) is 22.8. The molecule has 2 nitrogen and oxygen atoms in total. The maximum atomic E-state index is 2.57. The van der Waals surface area contributed by atoms with Gasteiger partial charge in [-0.2, -0.15) is 0 Å². The fourth-order valence-electron chi connectivity index (χ4n) is 16.5. The van der Waals surface area contributed by atoms with E-state index < -0.39 is 5.41 Å². The van der Waals surface area contributed by atoms with Gasteiger partial charge in [-0.05, 0) is 141 Å². The summed E-state index contributed by atoms with van der Waals surface area (Å²) in [4.78, 5) is 0. The summed E-state index contributed by atoms with van der Waals surface area (Å²) in [5.41, 5.74) is 25.0. The Morgan fingerprint density at radius 3 is 1.19 bits per heavy atom. The lowest BCUT2D eigenvalue weighted by Crippen LogP contribution is -2.26. The Balaban J connectivity index is 0.976. The van der Waals surface area contributed by atoms with Crippen molar-refractivity contribution in [2.24, 2.45) is 0 Å². The first-order valence-corrected chi connectivity index (χ1v) is 28.4. The molecule has 0 N–H and O–H groups in total. The Hall–Kier alpha value is -10.5. The summed E-state index contributed by atoms with van der Waals surface area (Å²) < 4.78 is 5.04. The van der Waals surface area contributed by atoms with Crippen molar-refractivity contribution in [2.75, 3.05) is 0 Å².